The van der Waals surface area contributed by atoms with E-state index in [2.05, 4.69) is 12.2 Å². The molecule has 3 atom stereocenters. The summed E-state index contributed by atoms with van der Waals surface area (Å²) in [6.45, 7) is 4.30. The highest BCUT2D eigenvalue weighted by Gasteiger charge is 2.20. The van der Waals surface area contributed by atoms with Crippen molar-refractivity contribution in [3.63, 3.8) is 0 Å². The van der Waals surface area contributed by atoms with Gasteiger partial charge in [0, 0.05) is 19.8 Å². The van der Waals surface area contributed by atoms with E-state index < -0.39 is 0 Å². The van der Waals surface area contributed by atoms with Gasteiger partial charge < -0.3 is 19.9 Å². The van der Waals surface area contributed by atoms with Gasteiger partial charge in [0.15, 0.2) is 0 Å². The van der Waals surface area contributed by atoms with Gasteiger partial charge in [-0.2, -0.15) is 0 Å². The molecular formula is C12H25NO3. The second-order valence-corrected chi connectivity index (χ2v) is 4.47. The van der Waals surface area contributed by atoms with Crippen molar-refractivity contribution < 1.29 is 14.6 Å². The average Bonchev–Trinajstić information content (AvgIpc) is 2.30. The van der Waals surface area contributed by atoms with Crippen LogP contribution in [0.4, 0.5) is 0 Å². The number of aliphatic hydroxyl groups is 1. The molecule has 0 radical (unpaired) electrons. The molecule has 1 fully saturated rings. The van der Waals surface area contributed by atoms with Gasteiger partial charge in [-0.05, 0) is 32.2 Å². The number of hydrogen-bond donors (Lipinski definition) is 2. The van der Waals surface area contributed by atoms with E-state index in [9.17, 15) is 5.11 Å². The third-order valence-corrected chi connectivity index (χ3v) is 3.09. The van der Waals surface area contributed by atoms with Crippen LogP contribution in [0.5, 0.6) is 0 Å². The van der Waals surface area contributed by atoms with Gasteiger partial charge in [-0.1, -0.05) is 6.92 Å². The molecule has 4 nitrogen and oxygen atoms in total. The zero-order chi connectivity index (χ0) is 11.8. The van der Waals surface area contributed by atoms with Crippen LogP contribution in [-0.4, -0.2) is 50.2 Å². The highest BCUT2D eigenvalue weighted by Crippen LogP contribution is 2.16. The molecule has 2 N–H and O–H groups in total. The summed E-state index contributed by atoms with van der Waals surface area (Å²) in [7, 11) is 1.61. The van der Waals surface area contributed by atoms with Crippen molar-refractivity contribution >= 4 is 0 Å². The molecule has 1 saturated heterocycles. The SMILES string of the molecule is CCC1CC(NCCC(O)COC)CCO1. The molecule has 0 saturated carbocycles. The average molecular weight is 231 g/mol. The number of rotatable bonds is 7. The molecule has 1 heterocycles. The zero-order valence-corrected chi connectivity index (χ0v) is 10.4. The number of ether oxygens (including phenoxy) is 2. The van der Waals surface area contributed by atoms with Crippen molar-refractivity contribution in [2.24, 2.45) is 0 Å². The highest BCUT2D eigenvalue weighted by atomic mass is 16.5. The van der Waals surface area contributed by atoms with Crippen LogP contribution in [0.25, 0.3) is 0 Å². The van der Waals surface area contributed by atoms with E-state index in [1.54, 1.807) is 7.11 Å². The fourth-order valence-corrected chi connectivity index (χ4v) is 2.08. The van der Waals surface area contributed by atoms with Crippen molar-refractivity contribution in [2.45, 2.75) is 50.9 Å². The molecule has 0 spiro atoms. The first-order valence-corrected chi connectivity index (χ1v) is 6.28. The fraction of sp³-hybridized carbons (Fsp3) is 1.00. The van der Waals surface area contributed by atoms with Crippen molar-refractivity contribution in [1.82, 2.24) is 5.32 Å². The second-order valence-electron chi connectivity index (χ2n) is 4.47. The van der Waals surface area contributed by atoms with Gasteiger partial charge in [0.05, 0.1) is 18.8 Å². The topological polar surface area (TPSA) is 50.7 Å². The molecule has 4 heteroatoms. The van der Waals surface area contributed by atoms with Crippen molar-refractivity contribution in [3.05, 3.63) is 0 Å². The highest BCUT2D eigenvalue weighted by molar-refractivity contribution is 4.76. The summed E-state index contributed by atoms with van der Waals surface area (Å²) < 4.78 is 10.5. The molecule has 0 aromatic heterocycles. The van der Waals surface area contributed by atoms with E-state index in [0.717, 1.165) is 38.8 Å². The molecule has 0 aromatic rings. The van der Waals surface area contributed by atoms with Crippen LogP contribution >= 0.6 is 0 Å². The Hall–Kier alpha value is -0.160. The van der Waals surface area contributed by atoms with Crippen molar-refractivity contribution in [2.75, 3.05) is 26.9 Å². The third kappa shape index (κ3) is 5.25. The lowest BCUT2D eigenvalue weighted by atomic mass is 10.0. The maximum atomic E-state index is 9.49. The molecule has 1 aliphatic heterocycles. The fourth-order valence-electron chi connectivity index (χ4n) is 2.08. The van der Waals surface area contributed by atoms with Gasteiger partial charge in [0.25, 0.3) is 0 Å². The summed E-state index contributed by atoms with van der Waals surface area (Å²) in [4.78, 5) is 0. The predicted molar refractivity (Wildman–Crippen MR) is 63.6 cm³/mol. The monoisotopic (exact) mass is 231 g/mol. The Morgan fingerprint density at radius 3 is 3.06 bits per heavy atom. The molecule has 3 unspecified atom stereocenters. The van der Waals surface area contributed by atoms with E-state index in [4.69, 9.17) is 9.47 Å². The Kier molecular flexibility index (Phi) is 6.96. The number of hydrogen-bond acceptors (Lipinski definition) is 4. The van der Waals surface area contributed by atoms with Gasteiger partial charge in [-0.25, -0.2) is 0 Å². The minimum Gasteiger partial charge on any atom is -0.391 e. The van der Waals surface area contributed by atoms with E-state index >= 15 is 0 Å². The number of aliphatic hydroxyl groups excluding tert-OH is 1. The summed E-state index contributed by atoms with van der Waals surface area (Å²) in [6, 6.07) is 0.549. The maximum Gasteiger partial charge on any atom is 0.0785 e. The molecule has 0 aromatic carbocycles. The molecule has 16 heavy (non-hydrogen) atoms. The van der Waals surface area contributed by atoms with Crippen molar-refractivity contribution in [1.29, 1.82) is 0 Å². The lowest BCUT2D eigenvalue weighted by molar-refractivity contribution is -0.00115. The normalized spacial score (nSPS) is 27.9. The van der Waals surface area contributed by atoms with Gasteiger partial charge >= 0.3 is 0 Å². The standard InChI is InChI=1S/C12H25NO3/c1-3-12-8-10(5-7-16-12)13-6-4-11(14)9-15-2/h10-14H,3-9H2,1-2H3. The molecule has 0 aliphatic carbocycles. The van der Waals surface area contributed by atoms with Gasteiger partial charge in [0.1, 0.15) is 0 Å². The summed E-state index contributed by atoms with van der Waals surface area (Å²) in [6.07, 6.45) is 4.08. The Bertz CT molecular complexity index is 178. The van der Waals surface area contributed by atoms with Crippen LogP contribution in [-0.2, 0) is 9.47 Å². The quantitative estimate of drug-likeness (QED) is 0.684. The first-order chi connectivity index (χ1) is 7.76. The first kappa shape index (κ1) is 13.9. The summed E-state index contributed by atoms with van der Waals surface area (Å²) in [5.41, 5.74) is 0. The first-order valence-electron chi connectivity index (χ1n) is 6.28. The van der Waals surface area contributed by atoms with Gasteiger partial charge in [-0.3, -0.25) is 0 Å². The largest absolute Gasteiger partial charge is 0.391 e. The smallest absolute Gasteiger partial charge is 0.0785 e. The molecular weight excluding hydrogens is 206 g/mol. The van der Waals surface area contributed by atoms with E-state index in [1.807, 2.05) is 0 Å². The zero-order valence-electron chi connectivity index (χ0n) is 10.4. The number of nitrogens with one attached hydrogen (secondary N) is 1. The Balaban J connectivity index is 2.08. The maximum absolute atomic E-state index is 9.49. The summed E-state index contributed by atoms with van der Waals surface area (Å²) >= 11 is 0. The Labute approximate surface area is 98.3 Å². The molecule has 1 rings (SSSR count). The van der Waals surface area contributed by atoms with E-state index in [0.29, 0.717) is 18.8 Å². The Morgan fingerprint density at radius 2 is 2.38 bits per heavy atom. The van der Waals surface area contributed by atoms with Gasteiger partial charge in [0.2, 0.25) is 0 Å². The molecule has 96 valence electrons. The van der Waals surface area contributed by atoms with Crippen LogP contribution in [0.15, 0.2) is 0 Å². The summed E-state index contributed by atoms with van der Waals surface area (Å²) in [5.74, 6) is 0. The molecule has 1 aliphatic rings. The minimum absolute atomic E-state index is 0.348. The predicted octanol–water partition coefficient (Wildman–Crippen LogP) is 0.931. The number of methoxy groups -OCH3 is 1. The minimum atomic E-state index is -0.348. The van der Waals surface area contributed by atoms with Crippen LogP contribution in [0.1, 0.15) is 32.6 Å². The molecule has 0 bridgehead atoms. The van der Waals surface area contributed by atoms with Crippen LogP contribution < -0.4 is 5.32 Å². The van der Waals surface area contributed by atoms with Crippen LogP contribution in [0.3, 0.4) is 0 Å². The van der Waals surface area contributed by atoms with Gasteiger partial charge in [-0.15, -0.1) is 0 Å². The Morgan fingerprint density at radius 1 is 1.56 bits per heavy atom. The van der Waals surface area contributed by atoms with E-state index in [1.165, 1.54) is 0 Å². The van der Waals surface area contributed by atoms with Crippen LogP contribution in [0, 0.1) is 0 Å². The third-order valence-electron chi connectivity index (χ3n) is 3.09. The molecule has 0 amide bonds. The van der Waals surface area contributed by atoms with Crippen molar-refractivity contribution in [3.8, 4) is 0 Å². The van der Waals surface area contributed by atoms with Crippen LogP contribution in [0.2, 0.25) is 0 Å². The summed E-state index contributed by atoms with van der Waals surface area (Å²) in [5, 5.41) is 13.0. The lowest BCUT2D eigenvalue weighted by Crippen LogP contribution is -2.40. The second kappa shape index (κ2) is 8.01. The van der Waals surface area contributed by atoms with E-state index in [-0.39, 0.29) is 6.10 Å². The lowest BCUT2D eigenvalue weighted by Gasteiger charge is -2.29.